The van der Waals surface area contributed by atoms with Gasteiger partial charge in [-0.05, 0) is 6.92 Å². The third-order valence-corrected chi connectivity index (χ3v) is 3.18. The molecule has 1 aromatic rings. The normalized spacial score (nSPS) is 17.2. The summed E-state index contributed by atoms with van der Waals surface area (Å²) in [6.45, 7) is 1.49. The molecule has 0 radical (unpaired) electrons. The molecule has 1 aromatic carbocycles. The second-order valence-corrected chi connectivity index (χ2v) is 4.28. The van der Waals surface area contributed by atoms with Crippen LogP contribution in [0.25, 0.3) is 0 Å². The number of hydrogen-bond acceptors (Lipinski definition) is 6. The first kappa shape index (κ1) is 13.9. The largest absolute Gasteiger partial charge is 0.465 e. The molecule has 1 atom stereocenters. The van der Waals surface area contributed by atoms with Gasteiger partial charge in [0.25, 0.3) is 0 Å². The lowest BCUT2D eigenvalue weighted by Crippen LogP contribution is -2.51. The zero-order valence-corrected chi connectivity index (χ0v) is 10.6. The molecule has 0 heterocycles. The number of benzene rings is 1. The summed E-state index contributed by atoms with van der Waals surface area (Å²) in [7, 11) is 0. The second-order valence-electron chi connectivity index (χ2n) is 4.28. The smallest absolute Gasteiger partial charge is 0.327 e. The van der Waals surface area contributed by atoms with Crippen LogP contribution in [0.1, 0.15) is 27.6 Å². The number of carbonyl (C=O) groups excluding carboxylic acids is 3. The van der Waals surface area contributed by atoms with Crippen LogP contribution in [0, 0.1) is 17.2 Å². The number of nitrogens with zero attached hydrogens (tertiary/aromatic N) is 1. The van der Waals surface area contributed by atoms with Crippen molar-refractivity contribution in [3.05, 3.63) is 35.4 Å². The lowest BCUT2D eigenvalue weighted by atomic mass is 9.84. The van der Waals surface area contributed by atoms with Crippen LogP contribution in [0.2, 0.25) is 0 Å². The van der Waals surface area contributed by atoms with Gasteiger partial charge in [-0.3, -0.25) is 14.4 Å². The van der Waals surface area contributed by atoms with E-state index in [4.69, 9.17) is 5.26 Å². The van der Waals surface area contributed by atoms with Crippen LogP contribution in [-0.2, 0) is 9.53 Å². The van der Waals surface area contributed by atoms with Gasteiger partial charge in [0, 0.05) is 11.1 Å². The van der Waals surface area contributed by atoms with Crippen molar-refractivity contribution in [1.82, 2.24) is 0 Å². The molecule has 6 nitrogen and oxygen atoms in total. The SMILES string of the molecule is CCOC(=O)[C@H](C#N)C1(O)C(=O)c2ccccc2C1=O. The average molecular weight is 273 g/mol. The molecule has 0 aromatic heterocycles. The van der Waals surface area contributed by atoms with Crippen LogP contribution < -0.4 is 0 Å². The van der Waals surface area contributed by atoms with Crippen LogP contribution in [0.15, 0.2) is 24.3 Å². The molecule has 0 fully saturated rings. The van der Waals surface area contributed by atoms with Gasteiger partial charge in [-0.1, -0.05) is 24.3 Å². The minimum atomic E-state index is -2.70. The van der Waals surface area contributed by atoms with E-state index < -0.39 is 29.1 Å². The Balaban J connectivity index is 2.52. The maximum absolute atomic E-state index is 12.2. The first-order valence-corrected chi connectivity index (χ1v) is 5.95. The Bertz CT molecular complexity index is 608. The molecule has 102 valence electrons. The van der Waals surface area contributed by atoms with Gasteiger partial charge in [0.05, 0.1) is 12.7 Å². The molecular weight excluding hydrogens is 262 g/mol. The summed E-state index contributed by atoms with van der Waals surface area (Å²) in [4.78, 5) is 36.1. The lowest BCUT2D eigenvalue weighted by Gasteiger charge is -2.22. The summed E-state index contributed by atoms with van der Waals surface area (Å²) in [6, 6.07) is 7.29. The fraction of sp³-hybridized carbons (Fsp3) is 0.286. The highest BCUT2D eigenvalue weighted by molar-refractivity contribution is 6.33. The monoisotopic (exact) mass is 273 g/mol. The van der Waals surface area contributed by atoms with Crippen LogP contribution in [0.5, 0.6) is 0 Å². The highest BCUT2D eigenvalue weighted by atomic mass is 16.5. The number of carbonyl (C=O) groups is 3. The highest BCUT2D eigenvalue weighted by Gasteiger charge is 2.60. The molecule has 1 N–H and O–H groups in total. The second kappa shape index (κ2) is 4.87. The minimum Gasteiger partial charge on any atom is -0.465 e. The molecule has 2 rings (SSSR count). The molecule has 1 aliphatic rings. The zero-order valence-electron chi connectivity index (χ0n) is 10.6. The van der Waals surface area contributed by atoms with Gasteiger partial charge in [-0.25, -0.2) is 0 Å². The fourth-order valence-corrected chi connectivity index (χ4v) is 2.20. The van der Waals surface area contributed by atoms with E-state index in [1.54, 1.807) is 0 Å². The zero-order chi connectivity index (χ0) is 14.9. The molecule has 0 unspecified atom stereocenters. The summed E-state index contributed by atoms with van der Waals surface area (Å²) in [5.74, 6) is -4.86. The molecule has 0 saturated heterocycles. The Morgan fingerprint density at radius 3 is 2.25 bits per heavy atom. The van der Waals surface area contributed by atoms with Crippen molar-refractivity contribution >= 4 is 17.5 Å². The Morgan fingerprint density at radius 1 is 1.35 bits per heavy atom. The van der Waals surface area contributed by atoms with Gasteiger partial charge in [0.1, 0.15) is 0 Å². The summed E-state index contributed by atoms with van der Waals surface area (Å²) in [6.07, 6.45) is 0. The Hall–Kier alpha value is -2.52. The van der Waals surface area contributed by atoms with Gasteiger partial charge in [-0.15, -0.1) is 0 Å². The molecule has 20 heavy (non-hydrogen) atoms. The van der Waals surface area contributed by atoms with Crippen LogP contribution >= 0.6 is 0 Å². The molecule has 1 aliphatic carbocycles. The number of rotatable bonds is 3. The van der Waals surface area contributed by atoms with Crippen LogP contribution in [0.4, 0.5) is 0 Å². The van der Waals surface area contributed by atoms with E-state index in [1.807, 2.05) is 0 Å². The number of hydrogen-bond donors (Lipinski definition) is 1. The van der Waals surface area contributed by atoms with Gasteiger partial charge in [0.2, 0.25) is 17.2 Å². The van der Waals surface area contributed by atoms with Crippen molar-refractivity contribution in [2.75, 3.05) is 6.61 Å². The summed E-state index contributed by atoms with van der Waals surface area (Å²) in [5.41, 5.74) is -2.70. The standard InChI is InChI=1S/C14H11NO5/c1-2-20-13(18)10(7-15)14(19)11(16)8-5-3-4-6-9(8)12(14)17/h3-6,10,19H,2H2,1H3/t10-/m0/s1. The first-order valence-electron chi connectivity index (χ1n) is 5.95. The van der Waals surface area contributed by atoms with E-state index in [2.05, 4.69) is 4.74 Å². The summed E-state index contributed by atoms with van der Waals surface area (Å²) >= 11 is 0. The number of esters is 1. The van der Waals surface area contributed by atoms with Crippen molar-refractivity contribution in [3.63, 3.8) is 0 Å². The minimum absolute atomic E-state index is 0.00421. The number of aliphatic hydroxyl groups is 1. The van der Waals surface area contributed by atoms with Gasteiger partial charge >= 0.3 is 5.97 Å². The number of ether oxygens (including phenoxy) is 1. The predicted molar refractivity (Wildman–Crippen MR) is 65.8 cm³/mol. The molecule has 0 saturated carbocycles. The molecular formula is C14H11NO5. The van der Waals surface area contributed by atoms with Crippen molar-refractivity contribution < 1.29 is 24.2 Å². The van der Waals surface area contributed by atoms with E-state index in [-0.39, 0.29) is 17.7 Å². The third-order valence-electron chi connectivity index (χ3n) is 3.18. The Morgan fingerprint density at radius 2 is 1.85 bits per heavy atom. The Kier molecular flexibility index (Phi) is 3.38. The maximum atomic E-state index is 12.2. The molecule has 0 bridgehead atoms. The summed E-state index contributed by atoms with van der Waals surface area (Å²) < 4.78 is 4.64. The van der Waals surface area contributed by atoms with E-state index in [0.29, 0.717) is 0 Å². The first-order chi connectivity index (χ1) is 9.48. The van der Waals surface area contributed by atoms with Crippen LogP contribution in [-0.4, -0.2) is 34.9 Å². The molecule has 0 spiro atoms. The molecule has 0 aliphatic heterocycles. The number of Topliss-reactive ketones (excluding diaryl/α,β-unsaturated/α-hetero) is 2. The quantitative estimate of drug-likeness (QED) is 0.635. The maximum Gasteiger partial charge on any atom is 0.327 e. The van der Waals surface area contributed by atoms with Crippen molar-refractivity contribution in [3.8, 4) is 6.07 Å². The lowest BCUT2D eigenvalue weighted by molar-refractivity contribution is -0.150. The van der Waals surface area contributed by atoms with Crippen molar-refractivity contribution in [2.45, 2.75) is 12.5 Å². The van der Waals surface area contributed by atoms with E-state index in [1.165, 1.54) is 37.3 Å². The fourth-order valence-electron chi connectivity index (χ4n) is 2.20. The summed E-state index contributed by atoms with van der Waals surface area (Å²) in [5, 5.41) is 19.4. The van der Waals surface area contributed by atoms with E-state index in [9.17, 15) is 19.5 Å². The van der Waals surface area contributed by atoms with E-state index in [0.717, 1.165) is 0 Å². The van der Waals surface area contributed by atoms with E-state index >= 15 is 0 Å². The molecule has 0 amide bonds. The van der Waals surface area contributed by atoms with Crippen LogP contribution in [0.3, 0.4) is 0 Å². The van der Waals surface area contributed by atoms with Gasteiger partial charge in [-0.2, -0.15) is 5.26 Å². The predicted octanol–water partition coefficient (Wildman–Crippen LogP) is 0.500. The van der Waals surface area contributed by atoms with Gasteiger partial charge < -0.3 is 9.84 Å². The van der Waals surface area contributed by atoms with Gasteiger partial charge in [0.15, 0.2) is 5.92 Å². The number of fused-ring (bicyclic) bond motifs is 1. The molecule has 6 heteroatoms. The van der Waals surface area contributed by atoms with Crippen molar-refractivity contribution in [2.24, 2.45) is 5.92 Å². The third kappa shape index (κ3) is 1.72. The average Bonchev–Trinajstić information content (AvgIpc) is 2.63. The number of nitriles is 1. The van der Waals surface area contributed by atoms with Crippen molar-refractivity contribution in [1.29, 1.82) is 5.26 Å². The Labute approximate surface area is 114 Å². The number of ketones is 2. The topological polar surface area (TPSA) is 104 Å². The highest BCUT2D eigenvalue weighted by Crippen LogP contribution is 2.35.